The molecule has 0 spiro atoms. The van der Waals surface area contributed by atoms with Gasteiger partial charge in [0.1, 0.15) is 12.4 Å². The van der Waals surface area contributed by atoms with Crippen LogP contribution in [0.25, 0.3) is 5.69 Å². The van der Waals surface area contributed by atoms with E-state index in [1.54, 1.807) is 0 Å². The number of para-hydroxylation sites is 2. The normalized spacial score (nSPS) is 10.7. The number of hydrogen-bond donors (Lipinski definition) is 1. The van der Waals surface area contributed by atoms with E-state index in [-0.39, 0.29) is 18.3 Å². The molecule has 6 nitrogen and oxygen atoms in total. The van der Waals surface area contributed by atoms with Crippen molar-refractivity contribution in [1.29, 1.82) is 0 Å². The van der Waals surface area contributed by atoms with Crippen LogP contribution in [0.15, 0.2) is 84.0 Å². The highest BCUT2D eigenvalue weighted by atomic mass is 32.2. The second-order valence-electron chi connectivity index (χ2n) is 7.52. The quantitative estimate of drug-likeness (QED) is 0.338. The van der Waals surface area contributed by atoms with Gasteiger partial charge in [-0.15, -0.1) is 10.2 Å². The van der Waals surface area contributed by atoms with E-state index in [0.717, 1.165) is 34.7 Å². The van der Waals surface area contributed by atoms with E-state index < -0.39 is 0 Å². The van der Waals surface area contributed by atoms with Gasteiger partial charge >= 0.3 is 0 Å². The lowest BCUT2D eigenvalue weighted by atomic mass is 10.1. The van der Waals surface area contributed by atoms with Crippen molar-refractivity contribution < 1.29 is 9.53 Å². The van der Waals surface area contributed by atoms with Gasteiger partial charge in [0.2, 0.25) is 5.91 Å². The Balaban J connectivity index is 1.51. The van der Waals surface area contributed by atoms with Gasteiger partial charge in [-0.05, 0) is 49.2 Å². The Bertz CT molecular complexity index is 1210. The van der Waals surface area contributed by atoms with Crippen LogP contribution in [0.4, 0.5) is 5.69 Å². The number of nitrogens with zero attached hydrogens (tertiary/aromatic N) is 3. The second-order valence-corrected chi connectivity index (χ2v) is 8.46. The highest BCUT2D eigenvalue weighted by molar-refractivity contribution is 7.99. The summed E-state index contributed by atoms with van der Waals surface area (Å²) in [6, 6.07) is 25.6. The molecule has 0 aliphatic rings. The third kappa shape index (κ3) is 5.81. The van der Waals surface area contributed by atoms with Crippen LogP contribution >= 0.6 is 11.8 Å². The maximum absolute atomic E-state index is 12.6. The molecule has 1 aromatic heterocycles. The van der Waals surface area contributed by atoms with E-state index in [1.165, 1.54) is 11.8 Å². The summed E-state index contributed by atoms with van der Waals surface area (Å²) in [5.41, 5.74) is 4.05. The Labute approximate surface area is 198 Å². The van der Waals surface area contributed by atoms with Crippen molar-refractivity contribution in [2.75, 3.05) is 11.1 Å². The molecule has 0 fully saturated rings. The fourth-order valence-corrected chi connectivity index (χ4v) is 4.14. The number of ether oxygens (including phenoxy) is 1. The van der Waals surface area contributed by atoms with Crippen LogP contribution in [0.2, 0.25) is 0 Å². The van der Waals surface area contributed by atoms with Crippen molar-refractivity contribution in [2.45, 2.75) is 32.0 Å². The molecule has 0 aliphatic heterocycles. The summed E-state index contributed by atoms with van der Waals surface area (Å²) in [4.78, 5) is 12.6. The molecule has 33 heavy (non-hydrogen) atoms. The van der Waals surface area contributed by atoms with Gasteiger partial charge in [0.15, 0.2) is 11.0 Å². The summed E-state index contributed by atoms with van der Waals surface area (Å²) in [5, 5.41) is 12.4. The summed E-state index contributed by atoms with van der Waals surface area (Å²) in [7, 11) is 0. The first kappa shape index (κ1) is 22.6. The van der Waals surface area contributed by atoms with Crippen molar-refractivity contribution in [2.24, 2.45) is 0 Å². The maximum atomic E-state index is 12.6. The SMILES string of the molecule is CCc1ccccc1NC(=O)CSc1nnc(COc2ccccc2)n1-c1ccc(C)cc1. The van der Waals surface area contributed by atoms with E-state index in [9.17, 15) is 4.79 Å². The van der Waals surface area contributed by atoms with Crippen molar-refractivity contribution in [3.8, 4) is 11.4 Å². The Morgan fingerprint density at radius 1 is 0.970 bits per heavy atom. The number of aryl methyl sites for hydroxylation is 2. The van der Waals surface area contributed by atoms with Crippen molar-refractivity contribution >= 4 is 23.4 Å². The minimum Gasteiger partial charge on any atom is -0.486 e. The molecule has 0 saturated heterocycles. The first-order valence-corrected chi connectivity index (χ1v) is 11.8. The van der Waals surface area contributed by atoms with Crippen molar-refractivity contribution in [1.82, 2.24) is 14.8 Å². The molecule has 3 aromatic carbocycles. The van der Waals surface area contributed by atoms with E-state index in [4.69, 9.17) is 4.74 Å². The molecule has 0 bridgehead atoms. The smallest absolute Gasteiger partial charge is 0.234 e. The third-order valence-corrected chi connectivity index (χ3v) is 6.04. The fraction of sp³-hybridized carbons (Fsp3) is 0.192. The van der Waals surface area contributed by atoms with E-state index in [0.29, 0.717) is 11.0 Å². The molecule has 0 atom stereocenters. The Kier molecular flexibility index (Phi) is 7.42. The number of benzene rings is 3. The van der Waals surface area contributed by atoms with Gasteiger partial charge in [0.05, 0.1) is 5.75 Å². The summed E-state index contributed by atoms with van der Waals surface area (Å²) in [6.07, 6.45) is 0.857. The molecule has 0 unspecified atom stereocenters. The number of nitrogens with one attached hydrogen (secondary N) is 1. The minimum atomic E-state index is -0.0820. The average molecular weight is 459 g/mol. The van der Waals surface area contributed by atoms with Crippen LogP contribution in [0.3, 0.4) is 0 Å². The van der Waals surface area contributed by atoms with Gasteiger partial charge in [-0.1, -0.05) is 72.8 Å². The molecule has 4 aromatic rings. The van der Waals surface area contributed by atoms with Crippen LogP contribution in [0.1, 0.15) is 23.9 Å². The molecule has 0 aliphatic carbocycles. The lowest BCUT2D eigenvalue weighted by molar-refractivity contribution is -0.113. The van der Waals surface area contributed by atoms with E-state index in [2.05, 4.69) is 22.4 Å². The fourth-order valence-electron chi connectivity index (χ4n) is 3.37. The van der Waals surface area contributed by atoms with Crippen LogP contribution < -0.4 is 10.1 Å². The number of carbonyl (C=O) groups excluding carboxylic acids is 1. The third-order valence-electron chi connectivity index (χ3n) is 5.11. The molecule has 1 heterocycles. The predicted molar refractivity (Wildman–Crippen MR) is 132 cm³/mol. The standard InChI is InChI=1S/C26H26N4O2S/c1-3-20-9-7-8-12-23(20)27-25(31)18-33-26-29-28-24(17-32-22-10-5-4-6-11-22)30(26)21-15-13-19(2)14-16-21/h4-16H,3,17-18H2,1-2H3,(H,27,31). The Morgan fingerprint density at radius 3 is 2.45 bits per heavy atom. The topological polar surface area (TPSA) is 69.0 Å². The Hall–Kier alpha value is -3.58. The van der Waals surface area contributed by atoms with Crippen LogP contribution in [-0.2, 0) is 17.8 Å². The number of rotatable bonds is 9. The molecule has 1 N–H and O–H groups in total. The minimum absolute atomic E-state index is 0.0820. The van der Waals surface area contributed by atoms with Gasteiger partial charge < -0.3 is 10.1 Å². The first-order valence-electron chi connectivity index (χ1n) is 10.8. The molecular weight excluding hydrogens is 432 g/mol. The molecule has 0 saturated carbocycles. The molecule has 0 radical (unpaired) electrons. The largest absolute Gasteiger partial charge is 0.486 e. The van der Waals surface area contributed by atoms with Crippen molar-refractivity contribution in [3.63, 3.8) is 0 Å². The highest BCUT2D eigenvalue weighted by Gasteiger charge is 2.17. The monoisotopic (exact) mass is 458 g/mol. The van der Waals surface area contributed by atoms with Gasteiger partial charge in [-0.3, -0.25) is 9.36 Å². The summed E-state index contributed by atoms with van der Waals surface area (Å²) in [6.45, 7) is 4.38. The zero-order valence-electron chi connectivity index (χ0n) is 18.7. The molecule has 4 rings (SSSR count). The molecule has 1 amide bonds. The van der Waals surface area contributed by atoms with Crippen LogP contribution in [0, 0.1) is 6.92 Å². The van der Waals surface area contributed by atoms with Crippen LogP contribution in [-0.4, -0.2) is 26.4 Å². The number of carbonyl (C=O) groups is 1. The predicted octanol–water partition coefficient (Wildman–Crippen LogP) is 5.45. The second kappa shape index (κ2) is 10.8. The van der Waals surface area contributed by atoms with Gasteiger partial charge in [0, 0.05) is 11.4 Å². The number of aromatic nitrogens is 3. The maximum Gasteiger partial charge on any atom is 0.234 e. The van der Waals surface area contributed by atoms with Crippen LogP contribution in [0.5, 0.6) is 5.75 Å². The highest BCUT2D eigenvalue weighted by Crippen LogP contribution is 2.24. The summed E-state index contributed by atoms with van der Waals surface area (Å²) >= 11 is 1.35. The zero-order valence-corrected chi connectivity index (χ0v) is 19.5. The first-order chi connectivity index (χ1) is 16.1. The van der Waals surface area contributed by atoms with Gasteiger partial charge in [0.25, 0.3) is 0 Å². The lowest BCUT2D eigenvalue weighted by Crippen LogP contribution is -2.16. The summed E-state index contributed by atoms with van der Waals surface area (Å²) < 4.78 is 7.85. The van der Waals surface area contributed by atoms with Gasteiger partial charge in [-0.25, -0.2) is 0 Å². The summed E-state index contributed by atoms with van der Waals surface area (Å²) in [5.74, 6) is 1.57. The average Bonchev–Trinajstić information content (AvgIpc) is 3.25. The molecule has 7 heteroatoms. The van der Waals surface area contributed by atoms with E-state index >= 15 is 0 Å². The number of thioether (sulfide) groups is 1. The number of amides is 1. The molecular formula is C26H26N4O2S. The lowest BCUT2D eigenvalue weighted by Gasteiger charge is -2.12. The Morgan fingerprint density at radius 2 is 1.70 bits per heavy atom. The van der Waals surface area contributed by atoms with E-state index in [1.807, 2.05) is 90.4 Å². The van der Waals surface area contributed by atoms with Gasteiger partial charge in [-0.2, -0.15) is 0 Å². The molecule has 168 valence electrons. The van der Waals surface area contributed by atoms with Crippen molar-refractivity contribution in [3.05, 3.63) is 95.8 Å². The zero-order chi connectivity index (χ0) is 23.0. The number of hydrogen-bond acceptors (Lipinski definition) is 5. The number of anilines is 1.